The molecular formula is C15H20N2O. The highest BCUT2D eigenvalue weighted by molar-refractivity contribution is 5.74. The highest BCUT2D eigenvalue weighted by atomic mass is 16.5. The maximum absolute atomic E-state index is 4.96. The average molecular weight is 244 g/mol. The standard InChI is InChI=1S/C15H20N2O/c1-4-11(2)12-5-7-13(8-6-12)14-9-16-15(18-3)17-10-14/h5,7-12H,4,6H2,1-3H3. The van der Waals surface area contributed by atoms with Crippen molar-refractivity contribution in [3.8, 4) is 6.01 Å². The molecule has 0 aromatic carbocycles. The van der Waals surface area contributed by atoms with E-state index in [-0.39, 0.29) is 0 Å². The summed E-state index contributed by atoms with van der Waals surface area (Å²) in [6.45, 7) is 4.55. The van der Waals surface area contributed by atoms with Crippen molar-refractivity contribution in [2.24, 2.45) is 11.8 Å². The number of hydrogen-bond donors (Lipinski definition) is 0. The van der Waals surface area contributed by atoms with Crippen LogP contribution in [0, 0.1) is 11.8 Å². The fraction of sp³-hybridized carbons (Fsp3) is 0.467. The second kappa shape index (κ2) is 5.80. The molecule has 3 nitrogen and oxygen atoms in total. The quantitative estimate of drug-likeness (QED) is 0.813. The molecule has 0 aliphatic heterocycles. The monoisotopic (exact) mass is 244 g/mol. The van der Waals surface area contributed by atoms with E-state index in [9.17, 15) is 0 Å². The molecule has 0 fully saturated rings. The Morgan fingerprint density at radius 3 is 2.61 bits per heavy atom. The minimum Gasteiger partial charge on any atom is -0.467 e. The maximum Gasteiger partial charge on any atom is 0.316 e. The number of rotatable bonds is 4. The third kappa shape index (κ3) is 2.78. The van der Waals surface area contributed by atoms with Crippen LogP contribution in [0.1, 0.15) is 32.3 Å². The number of aromatic nitrogens is 2. The van der Waals surface area contributed by atoms with E-state index in [1.54, 1.807) is 7.11 Å². The van der Waals surface area contributed by atoms with Crippen LogP contribution in [0.4, 0.5) is 0 Å². The highest BCUT2D eigenvalue weighted by Gasteiger charge is 2.15. The lowest BCUT2D eigenvalue weighted by molar-refractivity contribution is 0.379. The van der Waals surface area contributed by atoms with Crippen LogP contribution in [-0.4, -0.2) is 17.1 Å². The van der Waals surface area contributed by atoms with Crippen LogP contribution in [0.15, 0.2) is 30.6 Å². The fourth-order valence-electron chi connectivity index (χ4n) is 2.15. The Balaban J connectivity index is 2.07. The van der Waals surface area contributed by atoms with Gasteiger partial charge in [-0.05, 0) is 23.8 Å². The lowest BCUT2D eigenvalue weighted by atomic mass is 9.84. The van der Waals surface area contributed by atoms with E-state index in [4.69, 9.17) is 4.74 Å². The number of nitrogens with zero attached hydrogens (tertiary/aromatic N) is 2. The zero-order chi connectivity index (χ0) is 13.0. The van der Waals surface area contributed by atoms with Gasteiger partial charge in [0, 0.05) is 18.0 Å². The predicted octanol–water partition coefficient (Wildman–Crippen LogP) is 3.49. The van der Waals surface area contributed by atoms with E-state index in [1.807, 2.05) is 12.4 Å². The van der Waals surface area contributed by atoms with E-state index in [2.05, 4.69) is 42.0 Å². The summed E-state index contributed by atoms with van der Waals surface area (Å²) in [6.07, 6.45) is 12.7. The molecule has 0 amide bonds. The minimum atomic E-state index is 0.414. The Labute approximate surface area is 109 Å². The SMILES string of the molecule is CCC(C)C1C=CC(c2cnc(OC)nc2)=CC1. The van der Waals surface area contributed by atoms with Crippen molar-refractivity contribution in [1.29, 1.82) is 0 Å². The Bertz CT molecular complexity index is 448. The molecule has 1 aliphatic rings. The first-order chi connectivity index (χ1) is 8.74. The van der Waals surface area contributed by atoms with E-state index in [0.717, 1.165) is 17.9 Å². The number of allylic oxidation sites excluding steroid dienone is 4. The molecular weight excluding hydrogens is 224 g/mol. The van der Waals surface area contributed by atoms with Crippen molar-refractivity contribution >= 4 is 5.57 Å². The van der Waals surface area contributed by atoms with Gasteiger partial charge in [-0.2, -0.15) is 0 Å². The number of methoxy groups -OCH3 is 1. The van der Waals surface area contributed by atoms with Crippen LogP contribution >= 0.6 is 0 Å². The normalized spacial score (nSPS) is 20.4. The van der Waals surface area contributed by atoms with Crippen LogP contribution in [-0.2, 0) is 0 Å². The zero-order valence-electron chi connectivity index (χ0n) is 11.3. The van der Waals surface area contributed by atoms with Gasteiger partial charge in [0.05, 0.1) is 7.11 Å². The Kier molecular flexibility index (Phi) is 4.13. The molecule has 1 heterocycles. The summed E-state index contributed by atoms with van der Waals surface area (Å²) >= 11 is 0. The first-order valence-corrected chi connectivity index (χ1v) is 6.49. The van der Waals surface area contributed by atoms with Gasteiger partial charge in [0.1, 0.15) is 0 Å². The predicted molar refractivity (Wildman–Crippen MR) is 73.3 cm³/mol. The Hall–Kier alpha value is -1.64. The molecule has 0 bridgehead atoms. The fourth-order valence-corrected chi connectivity index (χ4v) is 2.15. The lowest BCUT2D eigenvalue weighted by Gasteiger charge is -2.21. The van der Waals surface area contributed by atoms with E-state index >= 15 is 0 Å². The maximum atomic E-state index is 4.96. The van der Waals surface area contributed by atoms with Crippen LogP contribution in [0.5, 0.6) is 6.01 Å². The Morgan fingerprint density at radius 2 is 2.11 bits per heavy atom. The molecule has 0 radical (unpaired) electrons. The Morgan fingerprint density at radius 1 is 1.39 bits per heavy atom. The van der Waals surface area contributed by atoms with Crippen LogP contribution in [0.2, 0.25) is 0 Å². The third-order valence-corrected chi connectivity index (χ3v) is 3.65. The van der Waals surface area contributed by atoms with Gasteiger partial charge < -0.3 is 4.74 Å². The van der Waals surface area contributed by atoms with Crippen molar-refractivity contribution in [2.45, 2.75) is 26.7 Å². The van der Waals surface area contributed by atoms with E-state index < -0.39 is 0 Å². The van der Waals surface area contributed by atoms with E-state index in [0.29, 0.717) is 11.9 Å². The van der Waals surface area contributed by atoms with Gasteiger partial charge in [-0.25, -0.2) is 9.97 Å². The minimum absolute atomic E-state index is 0.414. The first-order valence-electron chi connectivity index (χ1n) is 6.49. The molecule has 18 heavy (non-hydrogen) atoms. The highest BCUT2D eigenvalue weighted by Crippen LogP contribution is 2.29. The average Bonchev–Trinajstić information content (AvgIpc) is 2.47. The van der Waals surface area contributed by atoms with E-state index in [1.165, 1.54) is 12.0 Å². The van der Waals surface area contributed by atoms with Crippen molar-refractivity contribution in [3.63, 3.8) is 0 Å². The molecule has 3 heteroatoms. The van der Waals surface area contributed by atoms with Crippen LogP contribution in [0.25, 0.3) is 5.57 Å². The second-order valence-corrected chi connectivity index (χ2v) is 4.76. The largest absolute Gasteiger partial charge is 0.467 e. The van der Waals surface area contributed by atoms with Gasteiger partial charge in [0.15, 0.2) is 0 Å². The molecule has 2 unspecified atom stereocenters. The molecule has 1 aliphatic carbocycles. The van der Waals surface area contributed by atoms with Crippen molar-refractivity contribution in [3.05, 3.63) is 36.2 Å². The van der Waals surface area contributed by atoms with Gasteiger partial charge in [0.2, 0.25) is 0 Å². The molecule has 1 aromatic rings. The third-order valence-electron chi connectivity index (χ3n) is 3.65. The molecule has 0 N–H and O–H groups in total. The first kappa shape index (κ1) is 12.8. The van der Waals surface area contributed by atoms with Gasteiger partial charge in [-0.1, -0.05) is 38.5 Å². The number of ether oxygens (including phenoxy) is 1. The zero-order valence-corrected chi connectivity index (χ0v) is 11.3. The van der Waals surface area contributed by atoms with Gasteiger partial charge >= 0.3 is 6.01 Å². The van der Waals surface area contributed by atoms with Gasteiger partial charge in [-0.15, -0.1) is 0 Å². The summed E-state index contributed by atoms with van der Waals surface area (Å²) in [7, 11) is 1.57. The van der Waals surface area contributed by atoms with Gasteiger partial charge in [0.25, 0.3) is 0 Å². The summed E-state index contributed by atoms with van der Waals surface area (Å²) in [5, 5.41) is 0. The molecule has 1 aromatic heterocycles. The van der Waals surface area contributed by atoms with Crippen molar-refractivity contribution in [2.75, 3.05) is 7.11 Å². The van der Waals surface area contributed by atoms with Crippen LogP contribution in [0.3, 0.4) is 0 Å². The molecule has 2 atom stereocenters. The number of hydrogen-bond acceptors (Lipinski definition) is 3. The summed E-state index contributed by atoms with van der Waals surface area (Å²) in [5.74, 6) is 1.41. The molecule has 0 spiro atoms. The smallest absolute Gasteiger partial charge is 0.316 e. The molecule has 2 rings (SSSR count). The van der Waals surface area contributed by atoms with Crippen LogP contribution < -0.4 is 4.74 Å². The van der Waals surface area contributed by atoms with Gasteiger partial charge in [-0.3, -0.25) is 0 Å². The summed E-state index contributed by atoms with van der Waals surface area (Å²) < 4.78 is 4.96. The molecule has 0 saturated carbocycles. The molecule has 96 valence electrons. The summed E-state index contributed by atoms with van der Waals surface area (Å²) in [5.41, 5.74) is 2.26. The topological polar surface area (TPSA) is 35.0 Å². The van der Waals surface area contributed by atoms with Crippen molar-refractivity contribution in [1.82, 2.24) is 9.97 Å². The van der Waals surface area contributed by atoms with Crippen molar-refractivity contribution < 1.29 is 4.74 Å². The summed E-state index contributed by atoms with van der Waals surface area (Å²) in [4.78, 5) is 8.27. The molecule has 0 saturated heterocycles. The second-order valence-electron chi connectivity index (χ2n) is 4.76. The summed E-state index contributed by atoms with van der Waals surface area (Å²) in [6, 6.07) is 0.414. The lowest BCUT2D eigenvalue weighted by Crippen LogP contribution is -2.09.